The van der Waals surface area contributed by atoms with E-state index in [0.29, 0.717) is 17.4 Å². The molecule has 0 spiro atoms. The maximum absolute atomic E-state index is 12.4. The van der Waals surface area contributed by atoms with Crippen LogP contribution in [-0.4, -0.2) is 34.4 Å². The van der Waals surface area contributed by atoms with E-state index in [1.165, 1.54) is 38.1 Å². The molecular weight excluding hydrogens is 254 g/mol. The third kappa shape index (κ3) is 2.47. The highest BCUT2D eigenvalue weighted by Gasteiger charge is 2.40. The van der Waals surface area contributed by atoms with Crippen molar-refractivity contribution >= 4 is 11.7 Å². The second kappa shape index (κ2) is 5.36. The number of nitrogens with zero attached hydrogens (tertiary/aromatic N) is 3. The molecule has 3 rings (SSSR count). The second-order valence-electron chi connectivity index (χ2n) is 6.05. The summed E-state index contributed by atoms with van der Waals surface area (Å²) in [5.74, 6) is 7.99. The van der Waals surface area contributed by atoms with Crippen molar-refractivity contribution in [3.63, 3.8) is 0 Å². The summed E-state index contributed by atoms with van der Waals surface area (Å²) in [6.07, 6.45) is 8.34. The summed E-state index contributed by atoms with van der Waals surface area (Å²) in [5.41, 5.74) is 2.75. The van der Waals surface area contributed by atoms with E-state index in [2.05, 4.69) is 15.4 Å². The minimum absolute atomic E-state index is 0.0858. The molecule has 2 aliphatic carbocycles. The Bertz CT molecular complexity index is 506. The number of carbonyl (C=O) groups is 1. The highest BCUT2D eigenvalue weighted by Crippen LogP contribution is 2.48. The largest absolute Gasteiger partial charge is 0.340 e. The van der Waals surface area contributed by atoms with Crippen LogP contribution in [0.5, 0.6) is 0 Å². The quantitative estimate of drug-likeness (QED) is 0.638. The van der Waals surface area contributed by atoms with Crippen molar-refractivity contribution in [1.82, 2.24) is 14.9 Å². The minimum atomic E-state index is -0.0858. The van der Waals surface area contributed by atoms with E-state index in [4.69, 9.17) is 5.84 Å². The molecule has 2 saturated carbocycles. The molecule has 2 fully saturated rings. The van der Waals surface area contributed by atoms with E-state index >= 15 is 0 Å². The topological polar surface area (TPSA) is 84.1 Å². The molecular formula is C14H21N5O. The number of rotatable bonds is 4. The zero-order valence-corrected chi connectivity index (χ0v) is 11.7. The van der Waals surface area contributed by atoms with Crippen molar-refractivity contribution in [2.75, 3.05) is 19.0 Å². The molecule has 3 unspecified atom stereocenters. The smallest absolute Gasteiger partial charge is 0.273 e. The van der Waals surface area contributed by atoms with Gasteiger partial charge in [-0.15, -0.1) is 0 Å². The van der Waals surface area contributed by atoms with Crippen LogP contribution in [0.15, 0.2) is 12.4 Å². The summed E-state index contributed by atoms with van der Waals surface area (Å²) in [4.78, 5) is 22.3. The van der Waals surface area contributed by atoms with Gasteiger partial charge in [-0.05, 0) is 37.0 Å². The molecule has 1 aromatic heterocycles. The van der Waals surface area contributed by atoms with Gasteiger partial charge >= 0.3 is 0 Å². The number of aromatic nitrogens is 2. The van der Waals surface area contributed by atoms with Crippen LogP contribution < -0.4 is 11.3 Å². The Morgan fingerprint density at radius 1 is 1.45 bits per heavy atom. The van der Waals surface area contributed by atoms with Gasteiger partial charge in [0.1, 0.15) is 5.69 Å². The standard InChI is InChI=1S/C14H21N5O/c1-19(8-11-5-9-2-3-10(11)4-9)14(20)12-6-16-7-13(17-12)18-15/h6-7,9-11H,2-5,8,15H2,1H3,(H,17,18). The third-order valence-corrected chi connectivity index (χ3v) is 4.74. The van der Waals surface area contributed by atoms with Gasteiger partial charge in [0, 0.05) is 13.6 Å². The van der Waals surface area contributed by atoms with Gasteiger partial charge in [-0.3, -0.25) is 9.78 Å². The van der Waals surface area contributed by atoms with Gasteiger partial charge in [0.05, 0.1) is 12.4 Å². The predicted octanol–water partition coefficient (Wildman–Crippen LogP) is 1.27. The van der Waals surface area contributed by atoms with Gasteiger partial charge in [-0.1, -0.05) is 6.42 Å². The van der Waals surface area contributed by atoms with Crippen molar-refractivity contribution in [3.05, 3.63) is 18.1 Å². The van der Waals surface area contributed by atoms with Crippen molar-refractivity contribution in [3.8, 4) is 0 Å². The Balaban J connectivity index is 1.64. The van der Waals surface area contributed by atoms with Gasteiger partial charge in [0.2, 0.25) is 0 Å². The molecule has 20 heavy (non-hydrogen) atoms. The number of nitrogen functional groups attached to an aromatic ring is 1. The molecule has 1 aromatic rings. The molecule has 3 N–H and O–H groups in total. The number of nitrogens with one attached hydrogen (secondary N) is 1. The SMILES string of the molecule is CN(CC1CC2CCC1C2)C(=O)c1cncc(NN)n1. The molecule has 6 nitrogen and oxygen atoms in total. The number of hydrogen-bond donors (Lipinski definition) is 2. The van der Waals surface area contributed by atoms with Gasteiger partial charge in [-0.25, -0.2) is 10.8 Å². The average molecular weight is 275 g/mol. The second-order valence-corrected chi connectivity index (χ2v) is 6.05. The first-order valence-electron chi connectivity index (χ1n) is 7.21. The van der Waals surface area contributed by atoms with Crippen LogP contribution >= 0.6 is 0 Å². The highest BCUT2D eigenvalue weighted by atomic mass is 16.2. The van der Waals surface area contributed by atoms with E-state index in [1.54, 1.807) is 4.90 Å². The summed E-state index contributed by atoms with van der Waals surface area (Å²) >= 11 is 0. The first-order valence-corrected chi connectivity index (χ1v) is 7.21. The van der Waals surface area contributed by atoms with Gasteiger partial charge in [0.15, 0.2) is 5.82 Å². The Morgan fingerprint density at radius 3 is 2.95 bits per heavy atom. The van der Waals surface area contributed by atoms with Crippen molar-refractivity contribution in [2.45, 2.75) is 25.7 Å². The number of carbonyl (C=O) groups excluding carboxylic acids is 1. The fourth-order valence-electron chi connectivity index (χ4n) is 3.77. The molecule has 0 aliphatic heterocycles. The molecule has 2 aliphatic rings. The molecule has 1 heterocycles. The molecule has 0 radical (unpaired) electrons. The lowest BCUT2D eigenvalue weighted by Gasteiger charge is -2.27. The molecule has 6 heteroatoms. The van der Waals surface area contributed by atoms with Gasteiger partial charge in [-0.2, -0.15) is 0 Å². The summed E-state index contributed by atoms with van der Waals surface area (Å²) in [5, 5.41) is 0. The molecule has 2 bridgehead atoms. The van der Waals surface area contributed by atoms with Crippen LogP contribution in [0.25, 0.3) is 0 Å². The molecule has 1 amide bonds. The van der Waals surface area contributed by atoms with Gasteiger partial charge in [0.25, 0.3) is 5.91 Å². The Hall–Kier alpha value is -1.69. The van der Waals surface area contributed by atoms with Crippen LogP contribution in [0.2, 0.25) is 0 Å². The van der Waals surface area contributed by atoms with Crippen LogP contribution in [0, 0.1) is 17.8 Å². The van der Waals surface area contributed by atoms with E-state index < -0.39 is 0 Å². The van der Waals surface area contributed by atoms with Crippen LogP contribution in [0.1, 0.15) is 36.2 Å². The van der Waals surface area contributed by atoms with E-state index in [9.17, 15) is 4.79 Å². The predicted molar refractivity (Wildman–Crippen MR) is 75.7 cm³/mol. The number of hydrazine groups is 1. The fraction of sp³-hybridized carbons (Fsp3) is 0.643. The minimum Gasteiger partial charge on any atom is -0.340 e. The zero-order valence-electron chi connectivity index (χ0n) is 11.7. The lowest BCUT2D eigenvalue weighted by Crippen LogP contribution is -2.34. The third-order valence-electron chi connectivity index (χ3n) is 4.74. The lowest BCUT2D eigenvalue weighted by atomic mass is 9.88. The number of hydrogen-bond acceptors (Lipinski definition) is 5. The van der Waals surface area contributed by atoms with E-state index in [0.717, 1.165) is 18.4 Å². The Labute approximate surface area is 118 Å². The summed E-state index contributed by atoms with van der Waals surface area (Å²) in [6, 6.07) is 0. The maximum Gasteiger partial charge on any atom is 0.273 e. The van der Waals surface area contributed by atoms with Crippen LogP contribution in [-0.2, 0) is 0 Å². The van der Waals surface area contributed by atoms with Crippen molar-refractivity contribution < 1.29 is 4.79 Å². The van der Waals surface area contributed by atoms with Crippen molar-refractivity contribution in [2.24, 2.45) is 23.6 Å². The van der Waals surface area contributed by atoms with E-state index in [1.807, 2.05) is 7.05 Å². The molecule has 0 saturated heterocycles. The molecule has 3 atom stereocenters. The maximum atomic E-state index is 12.4. The number of anilines is 1. The van der Waals surface area contributed by atoms with Crippen LogP contribution in [0.4, 0.5) is 5.82 Å². The molecule has 108 valence electrons. The van der Waals surface area contributed by atoms with Crippen LogP contribution in [0.3, 0.4) is 0 Å². The Morgan fingerprint density at radius 2 is 2.30 bits per heavy atom. The van der Waals surface area contributed by atoms with E-state index in [-0.39, 0.29) is 5.91 Å². The number of amides is 1. The first-order chi connectivity index (χ1) is 9.67. The number of fused-ring (bicyclic) bond motifs is 2. The number of nitrogens with two attached hydrogens (primary N) is 1. The fourth-order valence-corrected chi connectivity index (χ4v) is 3.77. The van der Waals surface area contributed by atoms with Crippen molar-refractivity contribution in [1.29, 1.82) is 0 Å². The summed E-state index contributed by atoms with van der Waals surface area (Å²) < 4.78 is 0. The highest BCUT2D eigenvalue weighted by molar-refractivity contribution is 5.92. The first kappa shape index (κ1) is 13.3. The summed E-state index contributed by atoms with van der Waals surface area (Å²) in [7, 11) is 1.85. The lowest BCUT2D eigenvalue weighted by molar-refractivity contribution is 0.0748. The zero-order chi connectivity index (χ0) is 14.1. The summed E-state index contributed by atoms with van der Waals surface area (Å²) in [6.45, 7) is 0.821. The monoisotopic (exact) mass is 275 g/mol. The van der Waals surface area contributed by atoms with Gasteiger partial charge < -0.3 is 10.3 Å². The molecule has 0 aromatic carbocycles. The normalized spacial score (nSPS) is 27.6. The Kier molecular flexibility index (Phi) is 3.56. The average Bonchev–Trinajstić information content (AvgIpc) is 3.09.